The van der Waals surface area contributed by atoms with Gasteiger partial charge in [-0.25, -0.2) is 4.79 Å². The Morgan fingerprint density at radius 1 is 1.17 bits per heavy atom. The van der Waals surface area contributed by atoms with Crippen molar-refractivity contribution in [2.75, 3.05) is 6.61 Å². The zero-order valence-corrected chi connectivity index (χ0v) is 17.0. The molecule has 1 heterocycles. The molecule has 7 nitrogen and oxygen atoms in total. The average molecular weight is 449 g/mol. The Balaban J connectivity index is 1.68. The smallest absolute Gasteiger partial charge is 0.341 e. The number of carbonyl (C=O) groups is 3. The van der Waals surface area contributed by atoms with Crippen LogP contribution in [-0.2, 0) is 9.59 Å². The molecule has 1 saturated heterocycles. The summed E-state index contributed by atoms with van der Waals surface area (Å²) in [6.45, 7) is -0.439. The number of aliphatic carboxylic acids is 1. The summed E-state index contributed by atoms with van der Waals surface area (Å²) >= 11 is 12.1. The number of carboxylic acids is 1. The number of thiocarbonyl (C=S) groups is 1. The number of carbonyl (C=O) groups excluding carboxylic acids is 2. The molecule has 0 atom stereocenters. The first-order valence-electron chi connectivity index (χ1n) is 8.12. The highest BCUT2D eigenvalue weighted by Gasteiger charge is 2.33. The molecule has 0 spiro atoms. The maximum Gasteiger partial charge on any atom is 0.341 e. The van der Waals surface area contributed by atoms with E-state index >= 15 is 0 Å². The largest absolute Gasteiger partial charge is 0.482 e. The van der Waals surface area contributed by atoms with Crippen molar-refractivity contribution in [1.29, 1.82) is 0 Å². The van der Waals surface area contributed by atoms with E-state index in [1.165, 1.54) is 0 Å². The fourth-order valence-electron chi connectivity index (χ4n) is 2.29. The van der Waals surface area contributed by atoms with Crippen molar-refractivity contribution < 1.29 is 24.2 Å². The number of hydrogen-bond donors (Lipinski definition) is 2. The molecule has 148 valence electrons. The Morgan fingerprint density at radius 3 is 2.45 bits per heavy atom. The van der Waals surface area contributed by atoms with Crippen LogP contribution in [0.2, 0.25) is 5.02 Å². The van der Waals surface area contributed by atoms with Crippen LogP contribution in [0.3, 0.4) is 0 Å². The summed E-state index contributed by atoms with van der Waals surface area (Å²) in [7, 11) is 0. The standard InChI is InChI=1S/C19H13ClN2O5S2/c20-13-5-3-12(4-6-13)17(25)21-22-18(26)15(29-19(22)28)9-11-1-7-14(8-2-11)27-10-16(23)24/h1-9H,10H2,(H,21,25)(H,23,24)/b15-9+. The lowest BCUT2D eigenvalue weighted by molar-refractivity contribution is -0.139. The fraction of sp³-hybridized carbons (Fsp3) is 0.0526. The van der Waals surface area contributed by atoms with Gasteiger partial charge in [-0.05, 0) is 60.3 Å². The van der Waals surface area contributed by atoms with Gasteiger partial charge in [-0.3, -0.25) is 15.0 Å². The van der Waals surface area contributed by atoms with Gasteiger partial charge in [0.1, 0.15) is 5.75 Å². The van der Waals surface area contributed by atoms with E-state index in [4.69, 9.17) is 33.7 Å². The van der Waals surface area contributed by atoms with Crippen molar-refractivity contribution in [3.8, 4) is 5.75 Å². The summed E-state index contributed by atoms with van der Waals surface area (Å²) in [5.74, 6) is -1.61. The summed E-state index contributed by atoms with van der Waals surface area (Å²) in [6, 6.07) is 12.8. The summed E-state index contributed by atoms with van der Waals surface area (Å²) in [6.07, 6.45) is 1.62. The minimum atomic E-state index is -1.07. The van der Waals surface area contributed by atoms with Gasteiger partial charge in [0.25, 0.3) is 11.8 Å². The van der Waals surface area contributed by atoms with Crippen LogP contribution in [0, 0.1) is 0 Å². The van der Waals surface area contributed by atoms with E-state index in [0.717, 1.165) is 16.8 Å². The zero-order chi connectivity index (χ0) is 21.0. The van der Waals surface area contributed by atoms with E-state index < -0.39 is 24.4 Å². The minimum absolute atomic E-state index is 0.199. The fourth-order valence-corrected chi connectivity index (χ4v) is 3.59. The maximum absolute atomic E-state index is 12.6. The Labute approximate surface area is 180 Å². The Morgan fingerprint density at radius 2 is 1.83 bits per heavy atom. The Hall–Kier alpha value is -2.88. The van der Waals surface area contributed by atoms with Crippen LogP contribution in [0.4, 0.5) is 0 Å². The van der Waals surface area contributed by atoms with Crippen molar-refractivity contribution in [3.05, 3.63) is 69.6 Å². The van der Waals surface area contributed by atoms with Gasteiger partial charge in [-0.2, -0.15) is 5.01 Å². The van der Waals surface area contributed by atoms with Crippen LogP contribution in [0.5, 0.6) is 5.75 Å². The maximum atomic E-state index is 12.6. The lowest BCUT2D eigenvalue weighted by atomic mass is 10.2. The van der Waals surface area contributed by atoms with Gasteiger partial charge in [-0.1, -0.05) is 35.5 Å². The number of carboxylic acid groups (broad SMARTS) is 1. The first-order valence-corrected chi connectivity index (χ1v) is 9.73. The third-order valence-electron chi connectivity index (χ3n) is 3.65. The Bertz CT molecular complexity index is 1010. The number of nitrogens with zero attached hydrogens (tertiary/aromatic N) is 1. The van der Waals surface area contributed by atoms with E-state index in [9.17, 15) is 14.4 Å². The molecule has 0 aromatic heterocycles. The summed E-state index contributed by atoms with van der Waals surface area (Å²) < 4.78 is 5.26. The van der Waals surface area contributed by atoms with Crippen LogP contribution in [0.1, 0.15) is 15.9 Å². The third-order valence-corrected chi connectivity index (χ3v) is 5.21. The van der Waals surface area contributed by atoms with E-state index in [1.807, 2.05) is 0 Å². The van der Waals surface area contributed by atoms with Crippen molar-refractivity contribution in [2.45, 2.75) is 0 Å². The van der Waals surface area contributed by atoms with Crippen LogP contribution in [0.15, 0.2) is 53.4 Å². The lowest BCUT2D eigenvalue weighted by Crippen LogP contribution is -2.44. The zero-order valence-electron chi connectivity index (χ0n) is 14.6. The molecule has 29 heavy (non-hydrogen) atoms. The molecule has 0 radical (unpaired) electrons. The number of thioether (sulfide) groups is 1. The number of hydrazine groups is 1. The molecule has 10 heteroatoms. The molecule has 1 aliphatic rings. The second-order valence-electron chi connectivity index (χ2n) is 5.72. The van der Waals surface area contributed by atoms with Crippen molar-refractivity contribution in [2.24, 2.45) is 0 Å². The van der Waals surface area contributed by atoms with E-state index in [-0.39, 0.29) is 4.32 Å². The summed E-state index contributed by atoms with van der Waals surface area (Å²) in [5, 5.41) is 10.1. The van der Waals surface area contributed by atoms with Gasteiger partial charge in [0.2, 0.25) is 0 Å². The molecule has 1 aliphatic heterocycles. The van der Waals surface area contributed by atoms with Crippen molar-refractivity contribution in [3.63, 3.8) is 0 Å². The molecule has 0 unspecified atom stereocenters. The lowest BCUT2D eigenvalue weighted by Gasteiger charge is -2.15. The molecule has 0 saturated carbocycles. The average Bonchev–Trinajstić information content (AvgIpc) is 2.95. The van der Waals surface area contributed by atoms with Crippen LogP contribution >= 0.6 is 35.6 Å². The van der Waals surface area contributed by atoms with Crippen molar-refractivity contribution in [1.82, 2.24) is 10.4 Å². The van der Waals surface area contributed by atoms with Crippen LogP contribution in [0.25, 0.3) is 6.08 Å². The van der Waals surface area contributed by atoms with Gasteiger partial charge < -0.3 is 9.84 Å². The predicted octanol–water partition coefficient (Wildman–Crippen LogP) is 3.35. The van der Waals surface area contributed by atoms with Crippen LogP contribution < -0.4 is 10.2 Å². The van der Waals surface area contributed by atoms with Crippen LogP contribution in [-0.4, -0.2) is 38.8 Å². The second-order valence-corrected chi connectivity index (χ2v) is 7.83. The molecule has 2 amide bonds. The summed E-state index contributed by atoms with van der Waals surface area (Å²) in [5.41, 5.74) is 3.52. The molecule has 0 bridgehead atoms. The van der Waals surface area contributed by atoms with E-state index in [2.05, 4.69) is 5.43 Å². The summed E-state index contributed by atoms with van der Waals surface area (Å²) in [4.78, 5) is 35.8. The molecule has 3 rings (SSSR count). The number of amides is 2. The number of nitrogens with one attached hydrogen (secondary N) is 1. The molecule has 1 fully saturated rings. The van der Waals surface area contributed by atoms with Gasteiger partial charge in [-0.15, -0.1) is 0 Å². The highest BCUT2D eigenvalue weighted by Crippen LogP contribution is 2.31. The molecular weight excluding hydrogens is 436 g/mol. The number of benzene rings is 2. The topological polar surface area (TPSA) is 95.9 Å². The van der Waals surface area contributed by atoms with Gasteiger partial charge in [0.15, 0.2) is 10.9 Å². The monoisotopic (exact) mass is 448 g/mol. The second kappa shape index (κ2) is 9.08. The van der Waals surface area contributed by atoms with E-state index in [0.29, 0.717) is 26.8 Å². The van der Waals surface area contributed by atoms with E-state index in [1.54, 1.807) is 54.6 Å². The number of rotatable bonds is 6. The number of hydrogen-bond acceptors (Lipinski definition) is 6. The highest BCUT2D eigenvalue weighted by atomic mass is 35.5. The normalized spacial score (nSPS) is 14.9. The molecule has 2 N–H and O–H groups in total. The molecule has 2 aromatic rings. The Kier molecular flexibility index (Phi) is 6.53. The van der Waals surface area contributed by atoms with Gasteiger partial charge >= 0.3 is 5.97 Å². The molecule has 2 aromatic carbocycles. The first-order chi connectivity index (χ1) is 13.8. The van der Waals surface area contributed by atoms with Gasteiger partial charge in [0.05, 0.1) is 4.91 Å². The van der Waals surface area contributed by atoms with Gasteiger partial charge in [0, 0.05) is 10.6 Å². The molecular formula is C19H13ClN2O5S2. The quantitative estimate of drug-likeness (QED) is 0.516. The first kappa shape index (κ1) is 20.8. The minimum Gasteiger partial charge on any atom is -0.482 e. The number of halogens is 1. The third kappa shape index (κ3) is 5.35. The van der Waals surface area contributed by atoms with Crippen molar-refractivity contribution >= 4 is 63.8 Å². The number of ether oxygens (including phenoxy) is 1. The SMILES string of the molecule is O=C(O)COc1ccc(/C=C2/SC(=S)N(NC(=O)c3ccc(Cl)cc3)C2=O)cc1. The predicted molar refractivity (Wildman–Crippen MR) is 114 cm³/mol. The molecule has 0 aliphatic carbocycles. The highest BCUT2D eigenvalue weighted by molar-refractivity contribution is 8.26.